The predicted octanol–water partition coefficient (Wildman–Crippen LogP) is 4.73. The minimum Gasteiger partial charge on any atom is -0.507 e. The van der Waals surface area contributed by atoms with E-state index in [4.69, 9.17) is 0 Å². The second-order valence-corrected chi connectivity index (χ2v) is 10.1. The summed E-state index contributed by atoms with van der Waals surface area (Å²) in [6, 6.07) is 26.8. The van der Waals surface area contributed by atoms with E-state index in [2.05, 4.69) is 24.0 Å². The monoisotopic (exact) mass is 453 g/mol. The summed E-state index contributed by atoms with van der Waals surface area (Å²) >= 11 is 0. The summed E-state index contributed by atoms with van der Waals surface area (Å²) in [5.74, 6) is 6.63. The van der Waals surface area contributed by atoms with Crippen molar-refractivity contribution in [1.82, 2.24) is 4.31 Å². The van der Waals surface area contributed by atoms with Crippen LogP contribution in [0, 0.1) is 11.8 Å². The Morgan fingerprint density at radius 3 is 2.30 bits per heavy atom. The van der Waals surface area contributed by atoms with Crippen molar-refractivity contribution in [3.05, 3.63) is 107 Å². The third-order valence-electron chi connectivity index (χ3n) is 5.81. The lowest BCUT2D eigenvalue weighted by atomic mass is 9.98. The highest BCUT2D eigenvalue weighted by molar-refractivity contribution is 7.89. The van der Waals surface area contributed by atoms with Gasteiger partial charge in [-0.3, -0.25) is 0 Å². The summed E-state index contributed by atoms with van der Waals surface area (Å²) in [6.07, 6.45) is 1.18. The Labute approximate surface area is 194 Å². The van der Waals surface area contributed by atoms with Gasteiger partial charge in [-0.15, -0.1) is 0 Å². The van der Waals surface area contributed by atoms with Gasteiger partial charge in [-0.05, 0) is 46.3 Å². The summed E-state index contributed by atoms with van der Waals surface area (Å²) < 4.78 is 26.1. The summed E-state index contributed by atoms with van der Waals surface area (Å²) in [7, 11) is -3.35. The van der Waals surface area contributed by atoms with Crippen molar-refractivity contribution in [2.24, 2.45) is 0 Å². The average Bonchev–Trinajstić information content (AvgIpc) is 3.69. The van der Waals surface area contributed by atoms with Crippen molar-refractivity contribution >= 4 is 20.8 Å². The lowest BCUT2D eigenvalue weighted by Crippen LogP contribution is -2.11. The van der Waals surface area contributed by atoms with E-state index in [9.17, 15) is 13.5 Å². The zero-order valence-corrected chi connectivity index (χ0v) is 18.8. The van der Waals surface area contributed by atoms with Gasteiger partial charge >= 0.3 is 0 Å². The van der Waals surface area contributed by atoms with E-state index in [1.54, 1.807) is 12.1 Å². The highest BCUT2D eigenvalue weighted by Gasteiger charge is 2.32. The minimum atomic E-state index is -3.35. The van der Waals surface area contributed by atoms with Crippen LogP contribution < -0.4 is 0 Å². The van der Waals surface area contributed by atoms with Gasteiger partial charge in [0.05, 0.1) is 4.90 Å². The highest BCUT2D eigenvalue weighted by atomic mass is 32.2. The summed E-state index contributed by atoms with van der Waals surface area (Å²) in [4.78, 5) is 0.310. The van der Waals surface area contributed by atoms with E-state index in [1.165, 1.54) is 9.87 Å². The molecule has 5 heteroatoms. The molecule has 33 heavy (non-hydrogen) atoms. The largest absolute Gasteiger partial charge is 0.507 e. The van der Waals surface area contributed by atoms with Crippen LogP contribution in [0.15, 0.2) is 89.8 Å². The first kappa shape index (κ1) is 21.3. The first-order chi connectivity index (χ1) is 16.0. The molecule has 0 atom stereocenters. The molecule has 1 aliphatic heterocycles. The maximum atomic E-state index is 12.3. The quantitative estimate of drug-likeness (QED) is 0.351. The van der Waals surface area contributed by atoms with Crippen molar-refractivity contribution in [3.8, 4) is 17.6 Å². The van der Waals surface area contributed by atoms with Gasteiger partial charge < -0.3 is 5.11 Å². The highest BCUT2D eigenvalue weighted by Crippen LogP contribution is 2.31. The molecule has 4 aromatic carbocycles. The fraction of sp³-hybridized carbons (Fsp3) is 0.143. The Kier molecular flexibility index (Phi) is 5.63. The molecule has 0 saturated carbocycles. The van der Waals surface area contributed by atoms with Gasteiger partial charge in [-0.2, -0.15) is 4.31 Å². The molecule has 0 spiro atoms. The second kappa shape index (κ2) is 8.74. The summed E-state index contributed by atoms with van der Waals surface area (Å²) in [6.45, 7) is 1.18. The molecule has 5 rings (SSSR count). The van der Waals surface area contributed by atoms with Crippen molar-refractivity contribution in [1.29, 1.82) is 0 Å². The van der Waals surface area contributed by atoms with Crippen LogP contribution in [0.25, 0.3) is 10.8 Å². The first-order valence-corrected chi connectivity index (χ1v) is 12.3. The van der Waals surface area contributed by atoms with Crippen LogP contribution in [0.5, 0.6) is 5.75 Å². The Bertz CT molecular complexity index is 1480. The predicted molar refractivity (Wildman–Crippen MR) is 131 cm³/mol. The molecular weight excluding hydrogens is 430 g/mol. The molecule has 4 nitrogen and oxygen atoms in total. The van der Waals surface area contributed by atoms with E-state index in [-0.39, 0.29) is 5.75 Å². The van der Waals surface area contributed by atoms with Crippen LogP contribution in [0.2, 0.25) is 0 Å². The van der Waals surface area contributed by atoms with Crippen LogP contribution in [-0.4, -0.2) is 30.9 Å². The fourth-order valence-corrected chi connectivity index (χ4v) is 5.18. The van der Waals surface area contributed by atoms with Gasteiger partial charge in [0.15, 0.2) is 0 Å². The molecule has 1 heterocycles. The average molecular weight is 454 g/mol. The maximum Gasteiger partial charge on any atom is 0.243 e. The zero-order chi connectivity index (χ0) is 22.8. The van der Waals surface area contributed by atoms with Crippen molar-refractivity contribution < 1.29 is 13.5 Å². The van der Waals surface area contributed by atoms with Crippen LogP contribution >= 0.6 is 0 Å². The van der Waals surface area contributed by atoms with Crippen molar-refractivity contribution in [2.45, 2.75) is 17.7 Å². The molecule has 4 aromatic rings. The van der Waals surface area contributed by atoms with Gasteiger partial charge in [0, 0.05) is 36.9 Å². The van der Waals surface area contributed by atoms with Crippen LogP contribution in [-0.2, 0) is 22.9 Å². The van der Waals surface area contributed by atoms with Crippen LogP contribution in [0.4, 0.5) is 0 Å². The molecule has 0 amide bonds. The Morgan fingerprint density at radius 1 is 0.848 bits per heavy atom. The molecular formula is C28H23NO3S. The molecule has 1 aliphatic rings. The fourth-order valence-electron chi connectivity index (χ4n) is 3.84. The zero-order valence-electron chi connectivity index (χ0n) is 18.0. The normalized spacial score (nSPS) is 13.5. The number of nitrogens with zero attached hydrogens (tertiary/aromatic N) is 1. The number of hydrogen-bond acceptors (Lipinski definition) is 3. The topological polar surface area (TPSA) is 57.4 Å². The number of sulfonamides is 1. The van der Waals surface area contributed by atoms with Gasteiger partial charge in [-0.25, -0.2) is 8.42 Å². The lowest BCUT2D eigenvalue weighted by Gasteiger charge is -2.10. The third kappa shape index (κ3) is 4.63. The van der Waals surface area contributed by atoms with Crippen molar-refractivity contribution in [3.63, 3.8) is 0 Å². The molecule has 0 radical (unpaired) electrons. The van der Waals surface area contributed by atoms with Gasteiger partial charge in [0.1, 0.15) is 5.75 Å². The summed E-state index contributed by atoms with van der Waals surface area (Å²) in [5.41, 5.74) is 3.76. The molecule has 1 fully saturated rings. The second-order valence-electron chi connectivity index (χ2n) is 8.20. The number of rotatable bonds is 5. The number of aromatic hydroxyl groups is 1. The number of fused-ring (bicyclic) bond motifs is 1. The van der Waals surface area contributed by atoms with E-state index in [0.717, 1.165) is 27.5 Å². The molecule has 0 aliphatic carbocycles. The number of benzene rings is 4. The van der Waals surface area contributed by atoms with E-state index in [0.29, 0.717) is 30.8 Å². The Hall–Kier alpha value is -3.59. The van der Waals surface area contributed by atoms with Gasteiger partial charge in [0.2, 0.25) is 10.0 Å². The van der Waals surface area contributed by atoms with Crippen molar-refractivity contribution in [2.75, 3.05) is 13.1 Å². The molecule has 0 bridgehead atoms. The molecule has 164 valence electrons. The van der Waals surface area contributed by atoms with Crippen LogP contribution in [0.3, 0.4) is 0 Å². The third-order valence-corrected chi connectivity index (χ3v) is 7.72. The number of hydrogen-bond donors (Lipinski definition) is 1. The first-order valence-electron chi connectivity index (χ1n) is 10.9. The number of phenolic OH excluding ortho intramolecular Hbond substituents is 1. The number of phenols is 1. The molecule has 0 aromatic heterocycles. The van der Waals surface area contributed by atoms with E-state index >= 15 is 0 Å². The van der Waals surface area contributed by atoms with Gasteiger partial charge in [0.25, 0.3) is 0 Å². The Balaban J connectivity index is 1.37. The molecule has 1 saturated heterocycles. The Morgan fingerprint density at radius 2 is 1.58 bits per heavy atom. The maximum absolute atomic E-state index is 12.3. The smallest absolute Gasteiger partial charge is 0.243 e. The molecule has 0 unspecified atom stereocenters. The van der Waals surface area contributed by atoms with Crippen LogP contribution in [0.1, 0.15) is 22.3 Å². The lowest BCUT2D eigenvalue weighted by molar-refractivity contribution is 0.476. The van der Waals surface area contributed by atoms with E-state index in [1.807, 2.05) is 60.7 Å². The molecule has 1 N–H and O–H groups in total. The SMILES string of the molecule is O=S(=O)(c1ccc(Cc2ccc3ccc(C#CCc4ccccc4)cc3c2O)cc1)N1CC1. The van der Waals surface area contributed by atoms with Gasteiger partial charge in [-0.1, -0.05) is 72.5 Å². The standard InChI is InChI=1S/C28H23NO3S/c30-28-25(19-23-10-15-26(16-11-23)33(31,32)29-17-18-29)14-13-24-12-9-22(20-27(24)28)8-4-7-21-5-2-1-3-6-21/h1-3,5-6,9-16,20,30H,7,17-19H2. The minimum absolute atomic E-state index is 0.236. The summed E-state index contributed by atoms with van der Waals surface area (Å²) in [5, 5.41) is 12.7. The van der Waals surface area contributed by atoms with E-state index < -0.39 is 10.0 Å².